The maximum atomic E-state index is 11.5. The summed E-state index contributed by atoms with van der Waals surface area (Å²) in [5.74, 6) is -2.67. The zero-order valence-corrected chi connectivity index (χ0v) is 11.1. The van der Waals surface area contributed by atoms with Crippen LogP contribution in [0.4, 0.5) is 0 Å². The van der Waals surface area contributed by atoms with E-state index in [-0.39, 0.29) is 0 Å². The Morgan fingerprint density at radius 3 is 2.68 bits per heavy atom. The highest BCUT2D eigenvalue weighted by Crippen LogP contribution is 2.16. The molecule has 2 amide bonds. The van der Waals surface area contributed by atoms with Gasteiger partial charge in [-0.15, -0.1) is 11.3 Å². The minimum Gasteiger partial charge on any atom is -0.480 e. The number of thiophene rings is 1. The Balaban J connectivity index is 2.63. The fraction of sp³-hybridized carbons (Fsp3) is 0.250. The molecule has 1 heterocycles. The molecule has 0 aliphatic heterocycles. The molecule has 0 spiro atoms. The van der Waals surface area contributed by atoms with Crippen molar-refractivity contribution in [3.8, 4) is 0 Å². The van der Waals surface area contributed by atoms with E-state index in [1.54, 1.807) is 6.08 Å². The molecule has 7 heteroatoms. The van der Waals surface area contributed by atoms with Crippen molar-refractivity contribution in [3.63, 3.8) is 0 Å². The van der Waals surface area contributed by atoms with Gasteiger partial charge in [-0.3, -0.25) is 9.59 Å². The van der Waals surface area contributed by atoms with Gasteiger partial charge in [0.15, 0.2) is 0 Å². The van der Waals surface area contributed by atoms with Gasteiger partial charge in [-0.05, 0) is 30.0 Å². The lowest BCUT2D eigenvalue weighted by Gasteiger charge is -2.10. The van der Waals surface area contributed by atoms with Gasteiger partial charge in [0, 0.05) is 11.0 Å². The number of carboxylic acid groups (broad SMARTS) is 1. The standard InChI is InChI=1S/C12H14N2O4S/c1-7-4-5-19-9(7)2-3-11(16)14-8(12(17)18)6-10(13)15/h2-5,8H,6H2,1H3,(H2,13,15)(H,14,16)(H,17,18)/b3-2+/t8-/m0/s1. The van der Waals surface area contributed by atoms with Gasteiger partial charge >= 0.3 is 5.97 Å². The lowest BCUT2D eigenvalue weighted by molar-refractivity contribution is -0.142. The first-order chi connectivity index (χ1) is 8.90. The zero-order chi connectivity index (χ0) is 14.4. The molecule has 0 unspecified atom stereocenters. The molecule has 1 aromatic rings. The molecule has 0 saturated carbocycles. The van der Waals surface area contributed by atoms with Crippen LogP contribution in [0.5, 0.6) is 0 Å². The quantitative estimate of drug-likeness (QED) is 0.660. The predicted molar refractivity (Wildman–Crippen MR) is 71.5 cm³/mol. The van der Waals surface area contributed by atoms with Crippen LogP contribution in [0.3, 0.4) is 0 Å². The molecule has 0 aliphatic carbocycles. The molecule has 0 bridgehead atoms. The molecule has 0 fully saturated rings. The smallest absolute Gasteiger partial charge is 0.326 e. The molecule has 19 heavy (non-hydrogen) atoms. The molecule has 1 aromatic heterocycles. The summed E-state index contributed by atoms with van der Waals surface area (Å²) in [6.07, 6.45) is 2.39. The van der Waals surface area contributed by atoms with Gasteiger partial charge in [-0.25, -0.2) is 4.79 Å². The highest BCUT2D eigenvalue weighted by Gasteiger charge is 2.20. The van der Waals surface area contributed by atoms with Crippen LogP contribution in [-0.2, 0) is 14.4 Å². The molecule has 0 radical (unpaired) electrons. The van der Waals surface area contributed by atoms with Crippen LogP contribution in [0.1, 0.15) is 16.9 Å². The van der Waals surface area contributed by atoms with Crippen LogP contribution in [0.15, 0.2) is 17.5 Å². The van der Waals surface area contributed by atoms with Crippen molar-refractivity contribution in [1.29, 1.82) is 0 Å². The van der Waals surface area contributed by atoms with E-state index >= 15 is 0 Å². The van der Waals surface area contributed by atoms with Crippen LogP contribution < -0.4 is 11.1 Å². The largest absolute Gasteiger partial charge is 0.480 e. The third kappa shape index (κ3) is 4.92. The van der Waals surface area contributed by atoms with Crippen molar-refractivity contribution in [2.24, 2.45) is 5.73 Å². The second kappa shape index (κ2) is 6.69. The minimum atomic E-state index is -1.31. The second-order valence-electron chi connectivity index (χ2n) is 3.87. The lowest BCUT2D eigenvalue weighted by Crippen LogP contribution is -2.42. The van der Waals surface area contributed by atoms with Crippen molar-refractivity contribution in [2.45, 2.75) is 19.4 Å². The predicted octanol–water partition coefficient (Wildman–Crippen LogP) is 0.515. The molecule has 0 aliphatic rings. The highest BCUT2D eigenvalue weighted by atomic mass is 32.1. The maximum absolute atomic E-state index is 11.5. The Kier molecular flexibility index (Phi) is 5.25. The van der Waals surface area contributed by atoms with Crippen LogP contribution in [-0.4, -0.2) is 28.9 Å². The van der Waals surface area contributed by atoms with E-state index in [1.165, 1.54) is 17.4 Å². The summed E-state index contributed by atoms with van der Waals surface area (Å²) in [5, 5.41) is 12.9. The Morgan fingerprint density at radius 2 is 2.21 bits per heavy atom. The second-order valence-corrected chi connectivity index (χ2v) is 4.82. The van der Waals surface area contributed by atoms with Crippen molar-refractivity contribution in [2.75, 3.05) is 0 Å². The van der Waals surface area contributed by atoms with E-state index < -0.39 is 30.2 Å². The number of primary amides is 1. The third-order valence-electron chi connectivity index (χ3n) is 2.31. The number of carboxylic acids is 1. The Bertz CT molecular complexity index is 522. The Labute approximate surface area is 113 Å². The van der Waals surface area contributed by atoms with Crippen LogP contribution in [0.25, 0.3) is 6.08 Å². The first-order valence-corrected chi connectivity index (χ1v) is 6.32. The number of aliphatic carboxylic acids is 1. The molecular weight excluding hydrogens is 268 g/mol. The van der Waals surface area contributed by atoms with Crippen molar-refractivity contribution in [3.05, 3.63) is 28.0 Å². The van der Waals surface area contributed by atoms with Crippen LogP contribution in [0.2, 0.25) is 0 Å². The van der Waals surface area contributed by atoms with Gasteiger partial charge in [0.1, 0.15) is 6.04 Å². The molecule has 0 aromatic carbocycles. The van der Waals surface area contributed by atoms with E-state index in [4.69, 9.17) is 10.8 Å². The number of carbonyl (C=O) groups is 3. The SMILES string of the molecule is Cc1ccsc1/C=C/C(=O)N[C@@H](CC(N)=O)C(=O)O. The summed E-state index contributed by atoms with van der Waals surface area (Å²) in [5.41, 5.74) is 5.94. The first-order valence-electron chi connectivity index (χ1n) is 5.44. The Hall–Kier alpha value is -2.15. The molecule has 1 rings (SSSR count). The number of hydrogen-bond donors (Lipinski definition) is 3. The van der Waals surface area contributed by atoms with Gasteiger partial charge in [0.25, 0.3) is 0 Å². The number of aryl methyl sites for hydroxylation is 1. The third-order valence-corrected chi connectivity index (χ3v) is 3.29. The first kappa shape index (κ1) is 14.9. The van der Waals surface area contributed by atoms with E-state index in [1.807, 2.05) is 18.4 Å². The average Bonchev–Trinajstić information content (AvgIpc) is 2.70. The minimum absolute atomic E-state index is 0.438. The molecule has 102 valence electrons. The normalized spacial score (nSPS) is 12.3. The van der Waals surface area contributed by atoms with E-state index in [0.29, 0.717) is 0 Å². The number of hydrogen-bond acceptors (Lipinski definition) is 4. The Morgan fingerprint density at radius 1 is 1.53 bits per heavy atom. The van der Waals surface area contributed by atoms with E-state index in [2.05, 4.69) is 5.32 Å². The fourth-order valence-corrected chi connectivity index (χ4v) is 2.15. The molecule has 4 N–H and O–H groups in total. The van der Waals surface area contributed by atoms with Gasteiger partial charge < -0.3 is 16.2 Å². The van der Waals surface area contributed by atoms with Crippen LogP contribution >= 0.6 is 11.3 Å². The topological polar surface area (TPSA) is 109 Å². The number of amides is 2. The number of nitrogens with one attached hydrogen (secondary N) is 1. The summed E-state index contributed by atoms with van der Waals surface area (Å²) in [6.45, 7) is 1.90. The molecular formula is C12H14N2O4S. The average molecular weight is 282 g/mol. The molecule has 0 saturated heterocycles. The summed E-state index contributed by atoms with van der Waals surface area (Å²) in [6, 6.07) is 0.606. The van der Waals surface area contributed by atoms with Crippen molar-refractivity contribution in [1.82, 2.24) is 5.32 Å². The van der Waals surface area contributed by atoms with Crippen LogP contribution in [0, 0.1) is 6.92 Å². The summed E-state index contributed by atoms with van der Waals surface area (Å²) in [7, 11) is 0. The van der Waals surface area contributed by atoms with Gasteiger partial charge in [-0.1, -0.05) is 0 Å². The number of carbonyl (C=O) groups excluding carboxylic acids is 2. The summed E-state index contributed by atoms with van der Waals surface area (Å²) >= 11 is 1.47. The van der Waals surface area contributed by atoms with Gasteiger partial charge in [-0.2, -0.15) is 0 Å². The van der Waals surface area contributed by atoms with Gasteiger partial charge in [0.05, 0.1) is 6.42 Å². The monoisotopic (exact) mass is 282 g/mol. The van der Waals surface area contributed by atoms with Crippen molar-refractivity contribution < 1.29 is 19.5 Å². The summed E-state index contributed by atoms with van der Waals surface area (Å²) in [4.78, 5) is 33.9. The van der Waals surface area contributed by atoms with Crippen molar-refractivity contribution >= 4 is 35.2 Å². The molecule has 6 nitrogen and oxygen atoms in total. The van der Waals surface area contributed by atoms with Gasteiger partial charge in [0.2, 0.25) is 11.8 Å². The number of nitrogens with two attached hydrogens (primary N) is 1. The number of rotatable bonds is 6. The summed E-state index contributed by atoms with van der Waals surface area (Å²) < 4.78 is 0. The van der Waals surface area contributed by atoms with E-state index in [0.717, 1.165) is 10.4 Å². The fourth-order valence-electron chi connectivity index (χ4n) is 1.33. The van der Waals surface area contributed by atoms with E-state index in [9.17, 15) is 14.4 Å². The lowest BCUT2D eigenvalue weighted by atomic mass is 10.2. The maximum Gasteiger partial charge on any atom is 0.326 e. The molecule has 1 atom stereocenters. The highest BCUT2D eigenvalue weighted by molar-refractivity contribution is 7.11. The zero-order valence-electron chi connectivity index (χ0n) is 10.3.